The van der Waals surface area contributed by atoms with Gasteiger partial charge in [-0.05, 0) is 32.0 Å². The van der Waals surface area contributed by atoms with Crippen LogP contribution in [0.4, 0.5) is 5.69 Å². The van der Waals surface area contributed by atoms with E-state index in [9.17, 15) is 10.1 Å². The molecule has 1 aliphatic rings. The number of imidazole rings is 1. The first-order valence-corrected chi connectivity index (χ1v) is 7.85. The van der Waals surface area contributed by atoms with Crippen molar-refractivity contribution in [3.63, 3.8) is 0 Å². The minimum Gasteiger partial charge on any atom is -0.299 e. The molecule has 7 heteroatoms. The Morgan fingerprint density at radius 2 is 2.04 bits per heavy atom. The Bertz CT molecular complexity index is 1020. The van der Waals surface area contributed by atoms with Gasteiger partial charge in [0.25, 0.3) is 5.69 Å². The molecule has 0 unspecified atom stereocenters. The standard InChI is InChI=1S/C18H15N5O2/c1-11-7-16-13(8-15(11)23(24)25)18(14-5-3-4-6-19-14)21-10-17-20-9-12(2)22(16)17/h3-9H,10H2,1-2H3. The van der Waals surface area contributed by atoms with Crippen LogP contribution in [0.25, 0.3) is 5.69 Å². The zero-order chi connectivity index (χ0) is 17.6. The highest BCUT2D eigenvalue weighted by molar-refractivity contribution is 6.14. The number of aryl methyl sites for hydroxylation is 2. The van der Waals surface area contributed by atoms with Crippen LogP contribution in [0.2, 0.25) is 0 Å². The first-order chi connectivity index (χ1) is 12.1. The van der Waals surface area contributed by atoms with E-state index < -0.39 is 0 Å². The van der Waals surface area contributed by atoms with E-state index in [4.69, 9.17) is 0 Å². The second-order valence-corrected chi connectivity index (χ2v) is 5.94. The van der Waals surface area contributed by atoms with Gasteiger partial charge in [-0.2, -0.15) is 0 Å². The van der Waals surface area contributed by atoms with E-state index in [-0.39, 0.29) is 10.6 Å². The molecule has 3 heterocycles. The van der Waals surface area contributed by atoms with Crippen molar-refractivity contribution in [2.75, 3.05) is 0 Å². The summed E-state index contributed by atoms with van der Waals surface area (Å²) in [6.45, 7) is 4.09. The molecule has 4 rings (SSSR count). The number of nitrogens with zero attached hydrogens (tertiary/aromatic N) is 5. The zero-order valence-corrected chi connectivity index (χ0v) is 13.8. The van der Waals surface area contributed by atoms with Gasteiger partial charge in [-0.15, -0.1) is 0 Å². The van der Waals surface area contributed by atoms with Crippen molar-refractivity contribution in [2.24, 2.45) is 4.99 Å². The summed E-state index contributed by atoms with van der Waals surface area (Å²) in [7, 11) is 0. The molecule has 0 aliphatic carbocycles. The summed E-state index contributed by atoms with van der Waals surface area (Å²) >= 11 is 0. The van der Waals surface area contributed by atoms with Gasteiger partial charge >= 0.3 is 0 Å². The molecule has 7 nitrogen and oxygen atoms in total. The number of fused-ring (bicyclic) bond motifs is 3. The van der Waals surface area contributed by atoms with E-state index in [0.717, 1.165) is 17.2 Å². The maximum Gasteiger partial charge on any atom is 0.273 e. The van der Waals surface area contributed by atoms with Crippen LogP contribution in [-0.4, -0.2) is 25.2 Å². The molecule has 0 saturated heterocycles. The SMILES string of the molecule is Cc1cc2c(cc1[N+](=O)[O-])C(c1ccccn1)=NCc1ncc(C)n1-2. The molecule has 1 aliphatic heterocycles. The van der Waals surface area contributed by atoms with Crippen LogP contribution in [0.5, 0.6) is 0 Å². The fraction of sp³-hybridized carbons (Fsp3) is 0.167. The molecule has 0 fully saturated rings. The normalized spacial score (nSPS) is 12.8. The lowest BCUT2D eigenvalue weighted by molar-refractivity contribution is -0.385. The van der Waals surface area contributed by atoms with E-state index in [1.165, 1.54) is 0 Å². The lowest BCUT2D eigenvalue weighted by Gasteiger charge is -2.14. The predicted molar refractivity (Wildman–Crippen MR) is 93.3 cm³/mol. The van der Waals surface area contributed by atoms with Crippen LogP contribution < -0.4 is 0 Å². The Morgan fingerprint density at radius 1 is 1.20 bits per heavy atom. The summed E-state index contributed by atoms with van der Waals surface area (Å²) in [6.07, 6.45) is 3.48. The van der Waals surface area contributed by atoms with Crippen molar-refractivity contribution in [2.45, 2.75) is 20.4 Å². The monoisotopic (exact) mass is 333 g/mol. The van der Waals surface area contributed by atoms with Crippen molar-refractivity contribution < 1.29 is 4.92 Å². The van der Waals surface area contributed by atoms with Gasteiger partial charge in [0.15, 0.2) is 0 Å². The molecule has 3 aromatic rings. The van der Waals surface area contributed by atoms with Crippen molar-refractivity contribution in [3.8, 4) is 5.69 Å². The zero-order valence-electron chi connectivity index (χ0n) is 13.8. The molecule has 0 atom stereocenters. The van der Waals surface area contributed by atoms with Gasteiger partial charge in [-0.1, -0.05) is 6.07 Å². The third-order valence-electron chi connectivity index (χ3n) is 4.30. The number of benzene rings is 1. The van der Waals surface area contributed by atoms with Gasteiger partial charge in [-0.25, -0.2) is 4.98 Å². The minimum atomic E-state index is -0.363. The molecule has 25 heavy (non-hydrogen) atoms. The van der Waals surface area contributed by atoms with Crippen LogP contribution in [-0.2, 0) is 6.54 Å². The van der Waals surface area contributed by atoms with Crippen LogP contribution in [0.15, 0.2) is 47.7 Å². The van der Waals surface area contributed by atoms with Gasteiger partial charge < -0.3 is 0 Å². The van der Waals surface area contributed by atoms with Gasteiger partial charge in [-0.3, -0.25) is 24.7 Å². The topological polar surface area (TPSA) is 86.2 Å². The number of hydrogen-bond donors (Lipinski definition) is 0. The largest absolute Gasteiger partial charge is 0.299 e. The minimum absolute atomic E-state index is 0.0728. The summed E-state index contributed by atoms with van der Waals surface area (Å²) in [4.78, 5) is 24.5. The molecular formula is C18H15N5O2. The van der Waals surface area contributed by atoms with Crippen LogP contribution >= 0.6 is 0 Å². The van der Waals surface area contributed by atoms with Gasteiger partial charge in [0, 0.05) is 35.3 Å². The van der Waals surface area contributed by atoms with Crippen LogP contribution in [0.1, 0.15) is 28.3 Å². The second kappa shape index (κ2) is 5.62. The first kappa shape index (κ1) is 15.2. The van der Waals surface area contributed by atoms with E-state index in [1.807, 2.05) is 35.8 Å². The molecule has 0 spiro atoms. The lowest BCUT2D eigenvalue weighted by Crippen LogP contribution is -2.11. The summed E-state index contributed by atoms with van der Waals surface area (Å²) in [6, 6.07) is 8.98. The summed E-state index contributed by atoms with van der Waals surface area (Å²) < 4.78 is 2.01. The van der Waals surface area contributed by atoms with Crippen molar-refractivity contribution in [1.29, 1.82) is 0 Å². The molecular weight excluding hydrogens is 318 g/mol. The van der Waals surface area contributed by atoms with Crippen molar-refractivity contribution in [3.05, 3.63) is 81.2 Å². The van der Waals surface area contributed by atoms with E-state index in [2.05, 4.69) is 15.0 Å². The average molecular weight is 333 g/mol. The maximum atomic E-state index is 11.4. The molecule has 0 saturated carbocycles. The number of rotatable bonds is 2. The maximum absolute atomic E-state index is 11.4. The lowest BCUT2D eigenvalue weighted by atomic mass is 10.0. The highest BCUT2D eigenvalue weighted by atomic mass is 16.6. The number of pyridine rings is 1. The first-order valence-electron chi connectivity index (χ1n) is 7.85. The van der Waals surface area contributed by atoms with Gasteiger partial charge in [0.05, 0.1) is 28.6 Å². The fourth-order valence-electron chi connectivity index (χ4n) is 3.14. The Morgan fingerprint density at radius 3 is 2.76 bits per heavy atom. The molecule has 1 aromatic carbocycles. The quantitative estimate of drug-likeness (QED) is 0.532. The van der Waals surface area contributed by atoms with E-state index in [0.29, 0.717) is 29.1 Å². The Hall–Kier alpha value is -3.35. The molecule has 0 N–H and O–H groups in total. The molecule has 2 aromatic heterocycles. The average Bonchev–Trinajstić information content (AvgIpc) is 2.88. The highest BCUT2D eigenvalue weighted by Crippen LogP contribution is 2.31. The fourth-order valence-corrected chi connectivity index (χ4v) is 3.14. The third kappa shape index (κ3) is 2.40. The summed E-state index contributed by atoms with van der Waals surface area (Å²) in [5.41, 5.74) is 4.50. The number of aromatic nitrogens is 3. The highest BCUT2D eigenvalue weighted by Gasteiger charge is 2.25. The smallest absolute Gasteiger partial charge is 0.273 e. The van der Waals surface area contributed by atoms with Crippen molar-refractivity contribution >= 4 is 11.4 Å². The van der Waals surface area contributed by atoms with Crippen LogP contribution in [0.3, 0.4) is 0 Å². The molecule has 0 bridgehead atoms. The summed E-state index contributed by atoms with van der Waals surface area (Å²) in [5, 5.41) is 11.4. The molecule has 0 amide bonds. The van der Waals surface area contributed by atoms with Crippen LogP contribution in [0, 0.1) is 24.0 Å². The second-order valence-electron chi connectivity index (χ2n) is 5.94. The Balaban J connectivity index is 2.05. The van der Waals surface area contributed by atoms with E-state index in [1.54, 1.807) is 25.4 Å². The number of nitro benzene ring substituents is 1. The predicted octanol–water partition coefficient (Wildman–Crippen LogP) is 3.14. The number of hydrogen-bond acceptors (Lipinski definition) is 5. The van der Waals surface area contributed by atoms with Gasteiger partial charge in [0.2, 0.25) is 0 Å². The number of aliphatic imine (C=N–C) groups is 1. The Labute approximate surface area is 143 Å². The molecule has 0 radical (unpaired) electrons. The summed E-state index contributed by atoms with van der Waals surface area (Å²) in [5.74, 6) is 0.804. The van der Waals surface area contributed by atoms with E-state index >= 15 is 0 Å². The molecule has 124 valence electrons. The van der Waals surface area contributed by atoms with Crippen molar-refractivity contribution in [1.82, 2.24) is 14.5 Å². The number of nitro groups is 1. The third-order valence-corrected chi connectivity index (χ3v) is 4.30. The van der Waals surface area contributed by atoms with Gasteiger partial charge in [0.1, 0.15) is 5.82 Å². The Kier molecular flexibility index (Phi) is 3.42.